The fourth-order valence-electron chi connectivity index (χ4n) is 3.57. The van der Waals surface area contributed by atoms with E-state index < -0.39 is 28.9 Å². The van der Waals surface area contributed by atoms with E-state index in [1.54, 1.807) is 33.0 Å². The van der Waals surface area contributed by atoms with Crippen LogP contribution < -0.4 is 10.2 Å². The molecular weight excluding hydrogens is 377 g/mol. The van der Waals surface area contributed by atoms with Gasteiger partial charge in [-0.2, -0.15) is 0 Å². The molecular formula is C20H22ClF3N2O. The zero-order valence-corrected chi connectivity index (χ0v) is 16.2. The molecule has 0 aliphatic carbocycles. The number of hydrogen-bond acceptors (Lipinski definition) is 2. The summed E-state index contributed by atoms with van der Waals surface area (Å²) < 4.78 is 42.2. The molecule has 0 saturated carbocycles. The first-order chi connectivity index (χ1) is 12.3. The van der Waals surface area contributed by atoms with Gasteiger partial charge < -0.3 is 10.2 Å². The Morgan fingerprint density at radius 3 is 2.33 bits per heavy atom. The topological polar surface area (TPSA) is 32.3 Å². The van der Waals surface area contributed by atoms with Crippen LogP contribution >= 0.6 is 12.4 Å². The minimum atomic E-state index is -0.915. The summed E-state index contributed by atoms with van der Waals surface area (Å²) in [5, 5.41) is 2.98. The van der Waals surface area contributed by atoms with Crippen LogP contribution in [0, 0.1) is 17.5 Å². The van der Waals surface area contributed by atoms with Gasteiger partial charge in [-0.1, -0.05) is 12.1 Å². The van der Waals surface area contributed by atoms with Crippen molar-refractivity contribution in [3.8, 4) is 0 Å². The monoisotopic (exact) mass is 398 g/mol. The molecule has 7 heteroatoms. The van der Waals surface area contributed by atoms with E-state index >= 15 is 0 Å². The Hall–Kier alpha value is -2.05. The van der Waals surface area contributed by atoms with E-state index in [-0.39, 0.29) is 24.0 Å². The Labute approximate surface area is 163 Å². The van der Waals surface area contributed by atoms with Crippen LogP contribution in [0.4, 0.5) is 18.9 Å². The predicted molar refractivity (Wildman–Crippen MR) is 102 cm³/mol. The van der Waals surface area contributed by atoms with Gasteiger partial charge in [0.2, 0.25) is 5.91 Å². The average molecular weight is 399 g/mol. The molecule has 0 radical (unpaired) electrons. The normalized spacial score (nSPS) is 16.1. The highest BCUT2D eigenvalue weighted by molar-refractivity contribution is 6.08. The number of fused-ring (bicyclic) bond motifs is 1. The summed E-state index contributed by atoms with van der Waals surface area (Å²) in [6.07, 6.45) is 0.384. The average Bonchev–Trinajstić information content (AvgIpc) is 2.77. The lowest BCUT2D eigenvalue weighted by Gasteiger charge is -2.30. The van der Waals surface area contributed by atoms with Gasteiger partial charge in [0, 0.05) is 6.07 Å². The van der Waals surface area contributed by atoms with Gasteiger partial charge in [0.15, 0.2) is 0 Å². The van der Waals surface area contributed by atoms with Crippen molar-refractivity contribution in [1.82, 2.24) is 5.32 Å². The maximum Gasteiger partial charge on any atom is 0.237 e. The van der Waals surface area contributed by atoms with E-state index in [1.165, 1.54) is 23.1 Å². The standard InChI is InChI=1S/C20H21F3N2O.ClH/c1-20(2)15-5-4-6-16(23)18(15)25(19(20)26)17(7-8-24-3)12-9-13(21)11-14(22)10-12;/h4-6,9-11,17,24H,7-8H2,1-3H3;1H/t17-;/m1./s1. The molecule has 3 nitrogen and oxygen atoms in total. The van der Waals surface area contributed by atoms with Crippen molar-refractivity contribution in [3.63, 3.8) is 0 Å². The van der Waals surface area contributed by atoms with E-state index in [2.05, 4.69) is 5.32 Å². The fourth-order valence-corrected chi connectivity index (χ4v) is 3.57. The van der Waals surface area contributed by atoms with Crippen LogP contribution in [0.2, 0.25) is 0 Å². The first-order valence-electron chi connectivity index (χ1n) is 8.50. The Morgan fingerprint density at radius 1 is 1.11 bits per heavy atom. The maximum absolute atomic E-state index is 14.7. The number of anilines is 1. The number of nitrogens with one attached hydrogen (secondary N) is 1. The van der Waals surface area contributed by atoms with E-state index in [9.17, 15) is 18.0 Å². The second-order valence-corrected chi connectivity index (χ2v) is 7.05. The molecule has 1 atom stereocenters. The summed E-state index contributed by atoms with van der Waals surface area (Å²) in [6.45, 7) is 3.96. The van der Waals surface area contributed by atoms with Crippen LogP contribution in [0.3, 0.4) is 0 Å². The molecule has 0 aromatic heterocycles. The summed E-state index contributed by atoms with van der Waals surface area (Å²) >= 11 is 0. The molecule has 0 spiro atoms. The van der Waals surface area contributed by atoms with Crippen molar-refractivity contribution in [2.45, 2.75) is 31.7 Å². The number of benzene rings is 2. The van der Waals surface area contributed by atoms with Crippen molar-refractivity contribution < 1.29 is 18.0 Å². The smallest absolute Gasteiger partial charge is 0.237 e. The lowest BCUT2D eigenvalue weighted by Crippen LogP contribution is -2.40. The summed E-state index contributed by atoms with van der Waals surface area (Å²) in [5.41, 5.74) is 0.154. The Bertz CT molecular complexity index is 837. The first-order valence-corrected chi connectivity index (χ1v) is 8.50. The second-order valence-electron chi connectivity index (χ2n) is 7.05. The van der Waals surface area contributed by atoms with Gasteiger partial charge in [-0.05, 0) is 63.2 Å². The summed E-state index contributed by atoms with van der Waals surface area (Å²) in [4.78, 5) is 14.5. The molecule has 1 N–H and O–H groups in total. The molecule has 1 aliphatic rings. The lowest BCUT2D eigenvalue weighted by atomic mass is 9.86. The highest BCUT2D eigenvalue weighted by Gasteiger charge is 2.48. The van der Waals surface area contributed by atoms with Gasteiger partial charge >= 0.3 is 0 Å². The van der Waals surface area contributed by atoms with Gasteiger partial charge in [-0.15, -0.1) is 12.4 Å². The van der Waals surface area contributed by atoms with E-state index in [4.69, 9.17) is 0 Å². The van der Waals surface area contributed by atoms with Gasteiger partial charge in [0.05, 0.1) is 17.1 Å². The van der Waals surface area contributed by atoms with Crippen LogP contribution in [0.25, 0.3) is 0 Å². The first kappa shape index (κ1) is 21.3. The third-order valence-electron chi connectivity index (χ3n) is 4.90. The zero-order chi connectivity index (χ0) is 19.1. The Balaban J connectivity index is 0.00000261. The van der Waals surface area contributed by atoms with Crippen LogP contribution in [0.1, 0.15) is 37.4 Å². The number of nitrogens with zero attached hydrogens (tertiary/aromatic N) is 1. The fraction of sp³-hybridized carbons (Fsp3) is 0.350. The highest BCUT2D eigenvalue weighted by Crippen LogP contribution is 2.47. The van der Waals surface area contributed by atoms with E-state index in [0.717, 1.165) is 6.07 Å². The molecule has 1 heterocycles. The van der Waals surface area contributed by atoms with Crippen LogP contribution in [0.5, 0.6) is 0 Å². The minimum Gasteiger partial charge on any atom is -0.320 e. The lowest BCUT2D eigenvalue weighted by molar-refractivity contribution is -0.122. The number of amides is 1. The molecule has 146 valence electrons. The summed E-state index contributed by atoms with van der Waals surface area (Å²) in [5.74, 6) is -2.26. The number of hydrogen-bond donors (Lipinski definition) is 1. The van der Waals surface area contributed by atoms with Crippen molar-refractivity contribution >= 4 is 24.0 Å². The SMILES string of the molecule is CNCC[C@H](c1cc(F)cc(F)c1)N1C(=O)C(C)(C)c2cccc(F)c21.Cl. The summed E-state index contributed by atoms with van der Waals surface area (Å²) in [7, 11) is 1.74. The Kier molecular flexibility index (Phi) is 6.22. The van der Waals surface area contributed by atoms with Gasteiger partial charge in [0.25, 0.3) is 0 Å². The largest absolute Gasteiger partial charge is 0.320 e. The van der Waals surface area contributed by atoms with E-state index in [0.29, 0.717) is 24.1 Å². The van der Waals surface area contributed by atoms with Crippen LogP contribution in [-0.4, -0.2) is 19.5 Å². The Morgan fingerprint density at radius 2 is 1.74 bits per heavy atom. The number of carbonyl (C=O) groups is 1. The predicted octanol–water partition coefficient (Wildman–Crippen LogP) is 4.50. The van der Waals surface area contributed by atoms with Crippen molar-refractivity contribution in [3.05, 3.63) is 65.0 Å². The second kappa shape index (κ2) is 7.90. The molecule has 1 amide bonds. The minimum absolute atomic E-state index is 0. The van der Waals surface area contributed by atoms with E-state index in [1.807, 2.05) is 0 Å². The summed E-state index contributed by atoms with van der Waals surface area (Å²) in [6, 6.07) is 7.07. The molecule has 0 unspecified atom stereocenters. The number of rotatable bonds is 5. The molecule has 0 bridgehead atoms. The molecule has 1 aliphatic heterocycles. The van der Waals surface area contributed by atoms with Crippen molar-refractivity contribution in [2.24, 2.45) is 0 Å². The number of halogens is 4. The van der Waals surface area contributed by atoms with Gasteiger partial charge in [-0.3, -0.25) is 4.79 Å². The quantitative estimate of drug-likeness (QED) is 0.804. The van der Waals surface area contributed by atoms with Crippen LogP contribution in [0.15, 0.2) is 36.4 Å². The number of para-hydroxylation sites is 1. The molecule has 3 rings (SSSR count). The molecule has 27 heavy (non-hydrogen) atoms. The maximum atomic E-state index is 14.7. The molecule has 0 saturated heterocycles. The molecule has 2 aromatic rings. The van der Waals surface area contributed by atoms with Crippen molar-refractivity contribution in [2.75, 3.05) is 18.5 Å². The number of carbonyl (C=O) groups excluding carboxylic acids is 1. The third-order valence-corrected chi connectivity index (χ3v) is 4.90. The third kappa shape index (κ3) is 3.69. The van der Waals surface area contributed by atoms with Crippen LogP contribution in [-0.2, 0) is 10.2 Å². The highest BCUT2D eigenvalue weighted by atomic mass is 35.5. The van der Waals surface area contributed by atoms with Gasteiger partial charge in [-0.25, -0.2) is 13.2 Å². The van der Waals surface area contributed by atoms with Gasteiger partial charge in [0.1, 0.15) is 17.5 Å². The van der Waals surface area contributed by atoms with Crippen molar-refractivity contribution in [1.29, 1.82) is 0 Å². The molecule has 0 fully saturated rings. The zero-order valence-electron chi connectivity index (χ0n) is 15.4. The molecule has 2 aromatic carbocycles.